The zero-order chi connectivity index (χ0) is 12.9. The maximum atomic E-state index is 5.53. The van der Waals surface area contributed by atoms with Crippen molar-refractivity contribution in [3.63, 3.8) is 0 Å². The molecule has 0 bridgehead atoms. The van der Waals surface area contributed by atoms with Gasteiger partial charge in [0.15, 0.2) is 0 Å². The lowest BCUT2D eigenvalue weighted by Gasteiger charge is -2.03. The lowest BCUT2D eigenvalue weighted by molar-refractivity contribution is 0.103. The van der Waals surface area contributed by atoms with Gasteiger partial charge in [0.25, 0.3) is 0 Å². The standard InChI is InChI=1S/C14H17N3O2/c1-2-5-11(6-3-1)15-9-8-13-16-14(17-19-13)12-7-4-10-18-12/h1-3,5-6,12,15H,4,7-10H2. The molecule has 5 heteroatoms. The van der Waals surface area contributed by atoms with Crippen LogP contribution in [0.3, 0.4) is 0 Å². The first-order valence-corrected chi connectivity index (χ1v) is 6.65. The van der Waals surface area contributed by atoms with Gasteiger partial charge in [0, 0.05) is 25.3 Å². The molecule has 0 radical (unpaired) electrons. The molecule has 1 aliphatic rings. The summed E-state index contributed by atoms with van der Waals surface area (Å²) < 4.78 is 10.8. The molecule has 2 aromatic rings. The summed E-state index contributed by atoms with van der Waals surface area (Å²) in [5.74, 6) is 1.35. The molecule has 0 amide bonds. The van der Waals surface area contributed by atoms with Gasteiger partial charge in [-0.15, -0.1) is 0 Å². The van der Waals surface area contributed by atoms with Crippen molar-refractivity contribution in [1.82, 2.24) is 10.1 Å². The van der Waals surface area contributed by atoms with Gasteiger partial charge in [-0.05, 0) is 25.0 Å². The van der Waals surface area contributed by atoms with E-state index in [2.05, 4.69) is 15.5 Å². The fraction of sp³-hybridized carbons (Fsp3) is 0.429. The molecule has 1 unspecified atom stereocenters. The van der Waals surface area contributed by atoms with Gasteiger partial charge in [0.1, 0.15) is 6.10 Å². The summed E-state index contributed by atoms with van der Waals surface area (Å²) >= 11 is 0. The number of benzene rings is 1. The number of nitrogens with zero attached hydrogens (tertiary/aromatic N) is 2. The Kier molecular flexibility index (Phi) is 3.74. The van der Waals surface area contributed by atoms with Crippen LogP contribution < -0.4 is 5.32 Å². The van der Waals surface area contributed by atoms with Crippen LogP contribution >= 0.6 is 0 Å². The molecule has 1 saturated heterocycles. The van der Waals surface area contributed by atoms with Crippen molar-refractivity contribution in [3.8, 4) is 0 Å². The monoisotopic (exact) mass is 259 g/mol. The number of ether oxygens (including phenoxy) is 1. The van der Waals surface area contributed by atoms with Crippen LogP contribution in [0.25, 0.3) is 0 Å². The molecule has 0 saturated carbocycles. The van der Waals surface area contributed by atoms with Gasteiger partial charge in [0.2, 0.25) is 11.7 Å². The van der Waals surface area contributed by atoms with Crippen molar-refractivity contribution in [3.05, 3.63) is 42.0 Å². The van der Waals surface area contributed by atoms with Crippen LogP contribution in [-0.2, 0) is 11.2 Å². The number of nitrogens with one attached hydrogen (secondary N) is 1. The van der Waals surface area contributed by atoms with E-state index in [4.69, 9.17) is 9.26 Å². The Hall–Kier alpha value is -1.88. The van der Waals surface area contributed by atoms with Crippen LogP contribution in [0.1, 0.15) is 30.7 Å². The summed E-state index contributed by atoms with van der Waals surface area (Å²) in [6.07, 6.45) is 2.81. The van der Waals surface area contributed by atoms with Crippen LogP contribution in [0.2, 0.25) is 0 Å². The first-order valence-electron chi connectivity index (χ1n) is 6.65. The highest BCUT2D eigenvalue weighted by Gasteiger charge is 2.22. The third kappa shape index (κ3) is 3.12. The molecule has 2 heterocycles. The maximum Gasteiger partial charge on any atom is 0.228 e. The molecule has 5 nitrogen and oxygen atoms in total. The Balaban J connectivity index is 1.50. The highest BCUT2D eigenvalue weighted by molar-refractivity contribution is 5.42. The fourth-order valence-corrected chi connectivity index (χ4v) is 2.15. The normalized spacial score (nSPS) is 18.6. The zero-order valence-corrected chi connectivity index (χ0v) is 10.7. The van der Waals surface area contributed by atoms with Crippen molar-refractivity contribution in [2.75, 3.05) is 18.5 Å². The maximum absolute atomic E-state index is 5.53. The summed E-state index contributed by atoms with van der Waals surface area (Å²) in [5.41, 5.74) is 1.10. The van der Waals surface area contributed by atoms with Crippen LogP contribution in [0.15, 0.2) is 34.9 Å². The van der Waals surface area contributed by atoms with Crippen molar-refractivity contribution in [2.24, 2.45) is 0 Å². The average molecular weight is 259 g/mol. The lowest BCUT2D eigenvalue weighted by atomic mass is 10.2. The van der Waals surface area contributed by atoms with Gasteiger partial charge in [-0.1, -0.05) is 23.4 Å². The SMILES string of the molecule is c1ccc(NCCc2nc(C3CCCO3)no2)cc1. The van der Waals surface area contributed by atoms with E-state index in [1.165, 1.54) is 0 Å². The van der Waals surface area contributed by atoms with Gasteiger partial charge in [0.05, 0.1) is 0 Å². The molecule has 0 aliphatic carbocycles. The van der Waals surface area contributed by atoms with Crippen molar-refractivity contribution in [1.29, 1.82) is 0 Å². The Morgan fingerprint density at radius 1 is 1.26 bits per heavy atom. The van der Waals surface area contributed by atoms with Crippen LogP contribution in [0.5, 0.6) is 0 Å². The second-order valence-corrected chi connectivity index (χ2v) is 4.59. The fourth-order valence-electron chi connectivity index (χ4n) is 2.15. The van der Waals surface area contributed by atoms with E-state index in [-0.39, 0.29) is 6.10 Å². The molecule has 19 heavy (non-hydrogen) atoms. The second-order valence-electron chi connectivity index (χ2n) is 4.59. The van der Waals surface area contributed by atoms with Gasteiger partial charge >= 0.3 is 0 Å². The number of hydrogen-bond acceptors (Lipinski definition) is 5. The molecule has 1 atom stereocenters. The summed E-state index contributed by atoms with van der Waals surface area (Å²) in [7, 11) is 0. The minimum Gasteiger partial charge on any atom is -0.385 e. The van der Waals surface area contributed by atoms with Gasteiger partial charge < -0.3 is 14.6 Å². The van der Waals surface area contributed by atoms with Crippen molar-refractivity contribution >= 4 is 5.69 Å². The summed E-state index contributed by atoms with van der Waals surface area (Å²) in [6, 6.07) is 10.1. The predicted octanol–water partition coefficient (Wildman–Crippen LogP) is 2.58. The highest BCUT2D eigenvalue weighted by atomic mass is 16.5. The van der Waals surface area contributed by atoms with Gasteiger partial charge in [-0.3, -0.25) is 0 Å². The molecule has 100 valence electrons. The van der Waals surface area contributed by atoms with E-state index in [9.17, 15) is 0 Å². The molecular weight excluding hydrogens is 242 g/mol. The predicted molar refractivity (Wildman–Crippen MR) is 70.9 cm³/mol. The minimum absolute atomic E-state index is 0.0274. The van der Waals surface area contributed by atoms with Crippen LogP contribution in [0.4, 0.5) is 5.69 Å². The van der Waals surface area contributed by atoms with E-state index < -0.39 is 0 Å². The minimum atomic E-state index is 0.0274. The van der Waals surface area contributed by atoms with E-state index >= 15 is 0 Å². The summed E-state index contributed by atoms with van der Waals surface area (Å²) in [4.78, 5) is 4.38. The van der Waals surface area contributed by atoms with Crippen LogP contribution in [-0.4, -0.2) is 23.3 Å². The number of rotatable bonds is 5. The summed E-state index contributed by atoms with van der Waals surface area (Å²) in [5, 5.41) is 7.30. The van der Waals surface area contributed by atoms with Gasteiger partial charge in [-0.25, -0.2) is 0 Å². The first-order chi connectivity index (χ1) is 9.42. The first kappa shape index (κ1) is 12.2. The molecule has 1 aliphatic heterocycles. The molecule has 1 aromatic heterocycles. The number of anilines is 1. The lowest BCUT2D eigenvalue weighted by Crippen LogP contribution is -2.05. The quantitative estimate of drug-likeness (QED) is 0.894. The Bertz CT molecular complexity index is 506. The number of hydrogen-bond donors (Lipinski definition) is 1. The molecular formula is C14H17N3O2. The van der Waals surface area contributed by atoms with Gasteiger partial charge in [-0.2, -0.15) is 4.98 Å². The number of aromatic nitrogens is 2. The second kappa shape index (κ2) is 5.84. The smallest absolute Gasteiger partial charge is 0.228 e. The van der Waals surface area contributed by atoms with E-state index in [1.54, 1.807) is 0 Å². The van der Waals surface area contributed by atoms with Crippen LogP contribution in [0, 0.1) is 0 Å². The average Bonchev–Trinajstić information content (AvgIpc) is 3.10. The molecule has 1 fully saturated rings. The Morgan fingerprint density at radius 2 is 2.16 bits per heavy atom. The van der Waals surface area contributed by atoms with E-state index in [0.717, 1.165) is 31.7 Å². The molecule has 1 aromatic carbocycles. The third-order valence-electron chi connectivity index (χ3n) is 3.14. The third-order valence-corrected chi connectivity index (χ3v) is 3.14. The van der Waals surface area contributed by atoms with E-state index in [0.29, 0.717) is 18.1 Å². The molecule has 3 rings (SSSR count). The van der Waals surface area contributed by atoms with E-state index in [1.807, 2.05) is 30.3 Å². The number of para-hydroxylation sites is 1. The highest BCUT2D eigenvalue weighted by Crippen LogP contribution is 2.26. The Labute approximate surface area is 112 Å². The van der Waals surface area contributed by atoms with Crippen molar-refractivity contribution < 1.29 is 9.26 Å². The zero-order valence-electron chi connectivity index (χ0n) is 10.7. The molecule has 0 spiro atoms. The molecule has 1 N–H and O–H groups in total. The topological polar surface area (TPSA) is 60.2 Å². The van der Waals surface area contributed by atoms with Crippen molar-refractivity contribution in [2.45, 2.75) is 25.4 Å². The Morgan fingerprint density at radius 3 is 2.95 bits per heavy atom. The largest absolute Gasteiger partial charge is 0.385 e. The summed E-state index contributed by atoms with van der Waals surface area (Å²) in [6.45, 7) is 1.57.